The summed E-state index contributed by atoms with van der Waals surface area (Å²) in [6.07, 6.45) is 6.99. The van der Waals surface area contributed by atoms with E-state index in [2.05, 4.69) is 21.2 Å². The molecule has 0 unspecified atom stereocenters. The number of hydrogen-bond donors (Lipinski definition) is 1. The van der Waals surface area contributed by atoms with Gasteiger partial charge in [0.2, 0.25) is 0 Å². The summed E-state index contributed by atoms with van der Waals surface area (Å²) in [6.45, 7) is 1.73. The number of hydrogen-bond acceptors (Lipinski definition) is 15. The molecule has 0 spiro atoms. The molecule has 1 heterocycles. The van der Waals surface area contributed by atoms with Crippen LogP contribution in [0.2, 0.25) is 0 Å². The fourth-order valence-corrected chi connectivity index (χ4v) is 7.42. The molecule has 0 aliphatic carbocycles. The Morgan fingerprint density at radius 1 is 0.844 bits per heavy atom. The molecule has 236 valence electrons. The number of methoxy groups -OCH3 is 2. The zero-order valence-electron chi connectivity index (χ0n) is 25.4. The van der Waals surface area contributed by atoms with Crippen molar-refractivity contribution < 1.29 is 104 Å². The average Bonchev–Trinajstić information content (AvgIpc) is 2.95. The van der Waals surface area contributed by atoms with Gasteiger partial charge in [-0.05, 0) is 24.3 Å². The second kappa shape index (κ2) is 23.5. The van der Waals surface area contributed by atoms with Crippen LogP contribution in [0.4, 0.5) is 11.5 Å². The number of anilines is 2. The van der Waals surface area contributed by atoms with E-state index in [-0.39, 0.29) is 70.6 Å². The van der Waals surface area contributed by atoms with Gasteiger partial charge in [0.15, 0.2) is 11.5 Å². The van der Waals surface area contributed by atoms with Crippen LogP contribution < -0.4 is 73.9 Å². The second-order valence-electron chi connectivity index (χ2n) is 8.24. The summed E-state index contributed by atoms with van der Waals surface area (Å²) in [7, 11) is -3.05. The number of rotatable bonds is 17. The summed E-state index contributed by atoms with van der Waals surface area (Å²) >= 11 is 0. The fraction of sp³-hybridized carbons (Fsp3) is 0.385. The summed E-state index contributed by atoms with van der Waals surface area (Å²) in [5.74, 6) is 3.65. The quantitative estimate of drug-likeness (QED) is 0.0485. The Hall–Kier alpha value is -0.820. The molecular formula is C26H31N3Na2O10S4. The van der Waals surface area contributed by atoms with E-state index in [1.54, 1.807) is 14.2 Å². The molecule has 3 aromatic rings. The van der Waals surface area contributed by atoms with Gasteiger partial charge >= 0.3 is 59.1 Å². The number of nitrogens with one attached hydrogen (secondary N) is 1. The van der Waals surface area contributed by atoms with Crippen molar-refractivity contribution in [2.24, 2.45) is 0 Å². The van der Waals surface area contributed by atoms with Gasteiger partial charge < -0.3 is 33.4 Å². The van der Waals surface area contributed by atoms with Crippen LogP contribution in [0.25, 0.3) is 10.9 Å². The smallest absolute Gasteiger partial charge is 0.748 e. The Kier molecular flexibility index (Phi) is 23.1. The van der Waals surface area contributed by atoms with Gasteiger partial charge in [-0.1, -0.05) is 33.6 Å². The van der Waals surface area contributed by atoms with E-state index in [0.29, 0.717) is 43.7 Å². The minimum absolute atomic E-state index is 0. The second-order valence-corrected chi connectivity index (χ2v) is 14.0. The van der Waals surface area contributed by atoms with Gasteiger partial charge in [-0.15, -0.1) is 6.42 Å². The molecule has 0 atom stereocenters. The normalized spacial score (nSPS) is 10.8. The van der Waals surface area contributed by atoms with E-state index in [0.717, 1.165) is 43.7 Å². The van der Waals surface area contributed by atoms with Crippen LogP contribution in [0.1, 0.15) is 5.56 Å². The van der Waals surface area contributed by atoms with E-state index >= 15 is 0 Å². The molecular weight excluding hydrogens is 689 g/mol. The fourth-order valence-electron chi connectivity index (χ4n) is 3.07. The van der Waals surface area contributed by atoms with Crippen LogP contribution in [0.3, 0.4) is 0 Å². The van der Waals surface area contributed by atoms with Crippen LogP contribution in [-0.2, 0) is 29.7 Å². The van der Waals surface area contributed by atoms with Gasteiger partial charge in [0, 0.05) is 59.9 Å². The molecule has 3 rings (SSSR count). The molecule has 2 aromatic carbocycles. The van der Waals surface area contributed by atoms with E-state index in [9.17, 15) is 25.9 Å². The van der Waals surface area contributed by atoms with Crippen molar-refractivity contribution in [3.05, 3.63) is 48.3 Å². The van der Waals surface area contributed by atoms with Crippen LogP contribution in [0.15, 0.2) is 42.7 Å². The number of fused-ring (bicyclic) bond motifs is 1. The molecule has 13 nitrogen and oxygen atoms in total. The standard InChI is InChI=1S/C22H23N3O4.C4H10O6S4.2Na/c1-4-16-6-5-7-17(12-16)25-22-18-13-20(28-10-8-26-2)21(29-11-9-27-3)14-19(18)23-15-24-22;5-13(6,7)3-1-11-12-2-4-14(8,9)10;;/h1,5-7,12-15H,8-11H2,2-3H3,(H,23,24,25);1-4H2,(H,5,6,7)(H,8,9,10);;/q;;2*+1/p-2. The topological polar surface area (TPSA) is 189 Å². The monoisotopic (exact) mass is 719 g/mol. The SMILES string of the molecule is C#Cc1cccc(Nc2ncnc3cc(OCCOC)c(OCCOC)cc23)c1.O=S(=O)([O-])CCSSCCS(=O)(=O)[O-].[Na+].[Na+]. The van der Waals surface area contributed by atoms with Crippen molar-refractivity contribution in [2.45, 2.75) is 0 Å². The van der Waals surface area contributed by atoms with E-state index in [4.69, 9.17) is 25.4 Å². The maximum absolute atomic E-state index is 10.1. The van der Waals surface area contributed by atoms with Crippen molar-refractivity contribution in [2.75, 3.05) is 69.0 Å². The van der Waals surface area contributed by atoms with Crippen LogP contribution in [0.5, 0.6) is 11.5 Å². The number of ether oxygens (including phenoxy) is 4. The van der Waals surface area contributed by atoms with Gasteiger partial charge in [-0.3, -0.25) is 0 Å². The molecule has 0 saturated heterocycles. The molecule has 0 saturated carbocycles. The third-order valence-corrected chi connectivity index (χ3v) is 9.33. The van der Waals surface area contributed by atoms with Gasteiger partial charge in [0.05, 0.1) is 39.0 Å². The van der Waals surface area contributed by atoms with E-state index < -0.39 is 31.7 Å². The van der Waals surface area contributed by atoms with Crippen LogP contribution >= 0.6 is 21.6 Å². The predicted molar refractivity (Wildman–Crippen MR) is 166 cm³/mol. The summed E-state index contributed by atoms with van der Waals surface area (Å²) in [5.41, 5.74) is 2.34. The zero-order chi connectivity index (χ0) is 31.7. The molecule has 0 radical (unpaired) electrons. The first-order valence-electron chi connectivity index (χ1n) is 12.4. The molecule has 19 heteroatoms. The minimum Gasteiger partial charge on any atom is -0.748 e. The molecule has 0 aliphatic heterocycles. The number of aromatic nitrogens is 2. The van der Waals surface area contributed by atoms with Gasteiger partial charge in [0.25, 0.3) is 0 Å². The predicted octanol–water partition coefficient (Wildman–Crippen LogP) is -3.13. The van der Waals surface area contributed by atoms with Gasteiger partial charge in [-0.25, -0.2) is 26.8 Å². The first-order valence-corrected chi connectivity index (χ1v) is 18.1. The Morgan fingerprint density at radius 3 is 1.91 bits per heavy atom. The maximum atomic E-state index is 10.1. The molecule has 1 aromatic heterocycles. The summed E-state index contributed by atoms with van der Waals surface area (Å²) in [6, 6.07) is 11.3. The largest absolute Gasteiger partial charge is 1.00 e. The average molecular weight is 720 g/mol. The van der Waals surface area contributed by atoms with Crippen molar-refractivity contribution in [3.8, 4) is 23.8 Å². The van der Waals surface area contributed by atoms with Crippen molar-refractivity contribution in [1.82, 2.24) is 9.97 Å². The summed E-state index contributed by atoms with van der Waals surface area (Å²) < 4.78 is 82.4. The van der Waals surface area contributed by atoms with Gasteiger partial charge in [-0.2, -0.15) is 0 Å². The zero-order valence-corrected chi connectivity index (χ0v) is 32.7. The first kappa shape index (κ1) is 44.2. The van der Waals surface area contributed by atoms with Crippen LogP contribution in [-0.4, -0.2) is 99.6 Å². The third-order valence-electron chi connectivity index (χ3n) is 5.00. The molecule has 1 N–H and O–H groups in total. The Bertz CT molecular complexity index is 1540. The Morgan fingerprint density at radius 2 is 1.40 bits per heavy atom. The Balaban J connectivity index is 0.00000104. The minimum atomic E-state index is -4.20. The first-order chi connectivity index (χ1) is 20.5. The van der Waals surface area contributed by atoms with Gasteiger partial charge in [0.1, 0.15) is 25.4 Å². The van der Waals surface area contributed by atoms with Crippen molar-refractivity contribution >= 4 is 64.2 Å². The third kappa shape index (κ3) is 18.9. The number of nitrogens with zero attached hydrogens (tertiary/aromatic N) is 2. The summed E-state index contributed by atoms with van der Waals surface area (Å²) in [5, 5.41) is 4.10. The molecule has 0 bridgehead atoms. The maximum Gasteiger partial charge on any atom is 1.00 e. The van der Waals surface area contributed by atoms with Crippen molar-refractivity contribution in [1.29, 1.82) is 0 Å². The number of benzene rings is 2. The van der Waals surface area contributed by atoms with Crippen molar-refractivity contribution in [3.63, 3.8) is 0 Å². The molecule has 0 amide bonds. The Labute approximate surface area is 316 Å². The molecule has 0 aliphatic rings. The number of terminal acetylenes is 1. The molecule has 0 fully saturated rings. The van der Waals surface area contributed by atoms with E-state index in [1.807, 2.05) is 36.4 Å². The molecule has 45 heavy (non-hydrogen) atoms. The van der Waals surface area contributed by atoms with Crippen LogP contribution in [0, 0.1) is 12.3 Å². The summed E-state index contributed by atoms with van der Waals surface area (Å²) in [4.78, 5) is 8.75. The van der Waals surface area contributed by atoms with E-state index in [1.165, 1.54) is 6.33 Å².